The van der Waals surface area contributed by atoms with E-state index in [1.54, 1.807) is 12.1 Å². The summed E-state index contributed by atoms with van der Waals surface area (Å²) in [4.78, 5) is 23.6. The fourth-order valence-corrected chi connectivity index (χ4v) is 2.23. The Hall–Kier alpha value is -2.35. The highest BCUT2D eigenvalue weighted by Crippen LogP contribution is 2.20. The minimum atomic E-state index is -0.528. The first kappa shape index (κ1) is 18.0. The molecule has 0 unspecified atom stereocenters. The van der Waals surface area contributed by atoms with Crippen LogP contribution in [0.4, 0.5) is 0 Å². The van der Waals surface area contributed by atoms with Gasteiger partial charge in [0.2, 0.25) is 5.91 Å². The molecule has 3 N–H and O–H groups in total. The number of rotatable bonds is 3. The molecule has 9 heteroatoms. The minimum absolute atomic E-state index is 0.0810. The summed E-state index contributed by atoms with van der Waals surface area (Å²) in [5.41, 5.74) is 4.93. The van der Waals surface area contributed by atoms with Crippen LogP contribution in [0.5, 0.6) is 0 Å². The SMILES string of the molecule is O=C(C=Cc1ccco1)NC(=S)NNC(=O)c1ccc(Cl)cc1Cl. The molecule has 0 saturated heterocycles. The van der Waals surface area contributed by atoms with Gasteiger partial charge in [-0.1, -0.05) is 23.2 Å². The number of hydrogen-bond acceptors (Lipinski definition) is 4. The number of benzene rings is 1. The Morgan fingerprint density at radius 1 is 1.17 bits per heavy atom. The van der Waals surface area contributed by atoms with Crippen molar-refractivity contribution in [1.82, 2.24) is 16.2 Å². The van der Waals surface area contributed by atoms with E-state index < -0.39 is 11.8 Å². The monoisotopic (exact) mass is 383 g/mol. The van der Waals surface area contributed by atoms with E-state index in [1.807, 2.05) is 0 Å². The van der Waals surface area contributed by atoms with E-state index >= 15 is 0 Å². The van der Waals surface area contributed by atoms with Crippen molar-refractivity contribution in [2.24, 2.45) is 0 Å². The van der Waals surface area contributed by atoms with Gasteiger partial charge in [0.1, 0.15) is 5.76 Å². The minimum Gasteiger partial charge on any atom is -0.465 e. The topological polar surface area (TPSA) is 83.4 Å². The predicted octanol–water partition coefficient (Wildman–Crippen LogP) is 2.94. The summed E-state index contributed by atoms with van der Waals surface area (Å²) in [6, 6.07) is 7.83. The molecule has 0 saturated carbocycles. The van der Waals surface area contributed by atoms with Crippen molar-refractivity contribution in [2.75, 3.05) is 0 Å². The lowest BCUT2D eigenvalue weighted by atomic mass is 10.2. The van der Waals surface area contributed by atoms with E-state index in [-0.39, 0.29) is 15.7 Å². The van der Waals surface area contributed by atoms with Crippen molar-refractivity contribution in [3.63, 3.8) is 0 Å². The summed E-state index contributed by atoms with van der Waals surface area (Å²) < 4.78 is 5.04. The lowest BCUT2D eigenvalue weighted by Gasteiger charge is -2.10. The van der Waals surface area contributed by atoms with E-state index in [9.17, 15) is 9.59 Å². The van der Waals surface area contributed by atoms with Crippen LogP contribution in [0.1, 0.15) is 16.1 Å². The van der Waals surface area contributed by atoms with Crippen LogP contribution in [0, 0.1) is 0 Å². The van der Waals surface area contributed by atoms with Crippen molar-refractivity contribution >= 4 is 58.4 Å². The zero-order chi connectivity index (χ0) is 17.5. The van der Waals surface area contributed by atoms with Crippen LogP contribution in [-0.2, 0) is 4.79 Å². The molecule has 24 heavy (non-hydrogen) atoms. The van der Waals surface area contributed by atoms with Crippen molar-refractivity contribution in [3.05, 3.63) is 64.0 Å². The van der Waals surface area contributed by atoms with Gasteiger partial charge in [-0.05, 0) is 48.6 Å². The van der Waals surface area contributed by atoms with Crippen molar-refractivity contribution in [3.8, 4) is 0 Å². The quantitative estimate of drug-likeness (QED) is 0.431. The van der Waals surface area contributed by atoms with E-state index in [2.05, 4.69) is 16.2 Å². The Morgan fingerprint density at radius 3 is 2.62 bits per heavy atom. The van der Waals surface area contributed by atoms with Crippen LogP contribution in [-0.4, -0.2) is 16.9 Å². The van der Waals surface area contributed by atoms with E-state index in [4.69, 9.17) is 39.8 Å². The molecule has 1 heterocycles. The summed E-state index contributed by atoms with van der Waals surface area (Å²) in [6.45, 7) is 0. The van der Waals surface area contributed by atoms with Crippen LogP contribution >= 0.6 is 35.4 Å². The maximum atomic E-state index is 11.9. The number of furan rings is 1. The number of amides is 2. The molecule has 2 amide bonds. The maximum absolute atomic E-state index is 11.9. The van der Waals surface area contributed by atoms with Crippen LogP contribution in [0.3, 0.4) is 0 Å². The van der Waals surface area contributed by atoms with Crippen LogP contribution in [0.25, 0.3) is 6.08 Å². The third-order valence-corrected chi connectivity index (χ3v) is 3.40. The molecule has 2 rings (SSSR count). The smallest absolute Gasteiger partial charge is 0.271 e. The first-order valence-corrected chi connectivity index (χ1v) is 7.70. The number of hydrogen-bond donors (Lipinski definition) is 3. The summed E-state index contributed by atoms with van der Waals surface area (Å²) in [5, 5.41) is 2.88. The van der Waals surface area contributed by atoms with Crippen molar-refractivity contribution in [1.29, 1.82) is 0 Å². The first-order valence-electron chi connectivity index (χ1n) is 6.53. The lowest BCUT2D eigenvalue weighted by Crippen LogP contribution is -2.48. The highest BCUT2D eigenvalue weighted by Gasteiger charge is 2.11. The molecule has 0 atom stereocenters. The van der Waals surface area contributed by atoms with Gasteiger partial charge in [0, 0.05) is 11.1 Å². The molecule has 0 bridgehead atoms. The van der Waals surface area contributed by atoms with Crippen molar-refractivity contribution in [2.45, 2.75) is 0 Å². The fraction of sp³-hybridized carbons (Fsp3) is 0. The Balaban J connectivity index is 1.82. The van der Waals surface area contributed by atoms with E-state index in [0.29, 0.717) is 10.8 Å². The van der Waals surface area contributed by atoms with E-state index in [1.165, 1.54) is 36.6 Å². The van der Waals surface area contributed by atoms with Crippen LogP contribution in [0.2, 0.25) is 10.0 Å². The average molecular weight is 384 g/mol. The average Bonchev–Trinajstić information content (AvgIpc) is 3.04. The maximum Gasteiger partial charge on any atom is 0.271 e. The first-order chi connectivity index (χ1) is 11.5. The molecule has 2 aromatic rings. The van der Waals surface area contributed by atoms with E-state index in [0.717, 1.165) is 0 Å². The molecule has 124 valence electrons. The Kier molecular flexibility index (Phi) is 6.36. The zero-order valence-corrected chi connectivity index (χ0v) is 14.3. The van der Waals surface area contributed by atoms with Gasteiger partial charge in [-0.15, -0.1) is 0 Å². The highest BCUT2D eigenvalue weighted by atomic mass is 35.5. The molecule has 0 aliphatic heterocycles. The normalized spacial score (nSPS) is 10.4. The Morgan fingerprint density at radius 2 is 1.96 bits per heavy atom. The second kappa shape index (κ2) is 8.49. The summed E-state index contributed by atoms with van der Waals surface area (Å²) in [6.07, 6.45) is 4.20. The van der Waals surface area contributed by atoms with Crippen LogP contribution < -0.4 is 16.2 Å². The molecule has 1 aromatic heterocycles. The van der Waals surface area contributed by atoms with Crippen LogP contribution in [0.15, 0.2) is 47.1 Å². The lowest BCUT2D eigenvalue weighted by molar-refractivity contribution is -0.115. The third-order valence-electron chi connectivity index (χ3n) is 2.64. The molecule has 0 aliphatic rings. The molecule has 0 aliphatic carbocycles. The molecular weight excluding hydrogens is 373 g/mol. The standard InChI is InChI=1S/C15H11Cl2N3O3S/c16-9-3-5-11(12(17)8-9)14(22)19-20-15(24)18-13(21)6-4-10-2-1-7-23-10/h1-8H,(H,19,22)(H2,18,20,21,24). The molecule has 1 aromatic carbocycles. The fourth-order valence-electron chi connectivity index (χ4n) is 1.58. The molecule has 0 spiro atoms. The summed E-state index contributed by atoms with van der Waals surface area (Å²) >= 11 is 16.6. The molecule has 6 nitrogen and oxygen atoms in total. The van der Waals surface area contributed by atoms with Gasteiger partial charge in [0.15, 0.2) is 5.11 Å². The van der Waals surface area contributed by atoms with Gasteiger partial charge in [-0.25, -0.2) is 0 Å². The van der Waals surface area contributed by atoms with Gasteiger partial charge in [0.05, 0.1) is 16.8 Å². The third kappa shape index (κ3) is 5.38. The number of hydrazine groups is 1. The summed E-state index contributed by atoms with van der Waals surface area (Å²) in [7, 11) is 0. The number of carbonyl (C=O) groups is 2. The number of carbonyl (C=O) groups excluding carboxylic acids is 2. The van der Waals surface area contributed by atoms with Gasteiger partial charge >= 0.3 is 0 Å². The Bertz CT molecular complexity index is 791. The molecule has 0 radical (unpaired) electrons. The zero-order valence-electron chi connectivity index (χ0n) is 12.0. The number of thiocarbonyl (C=S) groups is 1. The Labute approximate surface area is 152 Å². The second-order valence-corrected chi connectivity index (χ2v) is 5.62. The summed E-state index contributed by atoms with van der Waals surface area (Å²) in [5.74, 6) is -0.489. The van der Waals surface area contributed by atoms with Gasteiger partial charge < -0.3 is 4.42 Å². The predicted molar refractivity (Wildman–Crippen MR) is 95.5 cm³/mol. The second-order valence-electron chi connectivity index (χ2n) is 4.37. The molecular formula is C15H11Cl2N3O3S. The number of nitrogens with one attached hydrogen (secondary N) is 3. The number of halogens is 2. The van der Waals surface area contributed by atoms with Gasteiger partial charge in [-0.3, -0.25) is 25.8 Å². The highest BCUT2D eigenvalue weighted by molar-refractivity contribution is 7.80. The van der Waals surface area contributed by atoms with Gasteiger partial charge in [0.25, 0.3) is 5.91 Å². The largest absolute Gasteiger partial charge is 0.465 e. The molecule has 0 fully saturated rings. The van der Waals surface area contributed by atoms with Gasteiger partial charge in [-0.2, -0.15) is 0 Å². The van der Waals surface area contributed by atoms with Crippen molar-refractivity contribution < 1.29 is 14.0 Å².